The second kappa shape index (κ2) is 4.96. The van der Waals surface area contributed by atoms with Crippen LogP contribution < -0.4 is 4.72 Å². The van der Waals surface area contributed by atoms with Gasteiger partial charge in [0.15, 0.2) is 9.84 Å². The van der Waals surface area contributed by atoms with Gasteiger partial charge >= 0.3 is 0 Å². The van der Waals surface area contributed by atoms with E-state index in [0.717, 1.165) is 0 Å². The fraction of sp³-hybridized carbons (Fsp3) is 0.455. The minimum atomic E-state index is -3.69. The van der Waals surface area contributed by atoms with Gasteiger partial charge in [-0.2, -0.15) is 0 Å². The van der Waals surface area contributed by atoms with E-state index in [1.807, 2.05) is 0 Å². The molecule has 0 bridgehead atoms. The Kier molecular flexibility index (Phi) is 3.81. The normalized spacial score (nSPS) is 22.3. The van der Waals surface area contributed by atoms with Crippen molar-refractivity contribution in [2.75, 3.05) is 16.2 Å². The lowest BCUT2D eigenvalue weighted by Gasteiger charge is -2.14. The van der Waals surface area contributed by atoms with Crippen LogP contribution in [0.15, 0.2) is 18.2 Å². The Bertz CT molecular complexity index is 697. The Morgan fingerprint density at radius 1 is 1.37 bits per heavy atom. The summed E-state index contributed by atoms with van der Waals surface area (Å²) >= 11 is 5.80. The lowest BCUT2D eigenvalue weighted by Crippen LogP contribution is -2.29. The highest BCUT2D eigenvalue weighted by atomic mass is 35.5. The van der Waals surface area contributed by atoms with E-state index in [1.165, 1.54) is 0 Å². The van der Waals surface area contributed by atoms with Gasteiger partial charge in [0, 0.05) is 5.02 Å². The van der Waals surface area contributed by atoms with Crippen LogP contribution in [0.4, 0.5) is 5.69 Å². The molecule has 5 nitrogen and oxygen atoms in total. The van der Waals surface area contributed by atoms with Gasteiger partial charge < -0.3 is 0 Å². The SMILES string of the molecule is Cc1cc(Cl)ccc1NS(=O)(=O)[C@H]1CCS(=O)(=O)C1. The molecule has 1 N–H and O–H groups in total. The summed E-state index contributed by atoms with van der Waals surface area (Å²) in [6, 6.07) is 4.79. The van der Waals surface area contributed by atoms with Gasteiger partial charge in [0.1, 0.15) is 0 Å². The van der Waals surface area contributed by atoms with Crippen molar-refractivity contribution in [3.05, 3.63) is 28.8 Å². The molecule has 0 radical (unpaired) electrons. The first-order chi connectivity index (χ1) is 8.70. The third kappa shape index (κ3) is 3.40. The number of nitrogens with one attached hydrogen (secondary N) is 1. The van der Waals surface area contributed by atoms with Crippen molar-refractivity contribution in [3.63, 3.8) is 0 Å². The highest BCUT2D eigenvalue weighted by Gasteiger charge is 2.37. The second-order valence-electron chi connectivity index (χ2n) is 4.63. The van der Waals surface area contributed by atoms with Crippen molar-refractivity contribution in [1.29, 1.82) is 0 Å². The van der Waals surface area contributed by atoms with E-state index in [9.17, 15) is 16.8 Å². The Morgan fingerprint density at radius 2 is 2.05 bits per heavy atom. The van der Waals surface area contributed by atoms with Crippen LogP contribution in [0.25, 0.3) is 0 Å². The number of halogens is 1. The molecule has 1 fully saturated rings. The van der Waals surface area contributed by atoms with E-state index in [1.54, 1.807) is 25.1 Å². The zero-order chi connectivity index (χ0) is 14.3. The van der Waals surface area contributed by atoms with Crippen LogP contribution in [-0.2, 0) is 19.9 Å². The number of hydrogen-bond donors (Lipinski definition) is 1. The van der Waals surface area contributed by atoms with Crippen LogP contribution in [0.3, 0.4) is 0 Å². The van der Waals surface area contributed by atoms with Crippen LogP contribution in [0.2, 0.25) is 5.02 Å². The molecule has 0 spiro atoms. The number of hydrogen-bond acceptors (Lipinski definition) is 4. The van der Waals surface area contributed by atoms with E-state index >= 15 is 0 Å². The van der Waals surface area contributed by atoms with Crippen LogP contribution >= 0.6 is 11.6 Å². The molecule has 1 atom stereocenters. The number of anilines is 1. The maximum absolute atomic E-state index is 12.1. The molecule has 0 unspecified atom stereocenters. The quantitative estimate of drug-likeness (QED) is 0.915. The van der Waals surface area contributed by atoms with Crippen molar-refractivity contribution in [2.24, 2.45) is 0 Å². The van der Waals surface area contributed by atoms with E-state index in [-0.39, 0.29) is 17.9 Å². The monoisotopic (exact) mass is 323 g/mol. The predicted molar refractivity (Wildman–Crippen MR) is 75.8 cm³/mol. The summed E-state index contributed by atoms with van der Waals surface area (Å²) < 4.78 is 49.4. The van der Waals surface area contributed by atoms with Crippen molar-refractivity contribution in [2.45, 2.75) is 18.6 Å². The first kappa shape index (κ1) is 14.6. The first-order valence-corrected chi connectivity index (χ1v) is 9.42. The van der Waals surface area contributed by atoms with Crippen molar-refractivity contribution in [3.8, 4) is 0 Å². The number of aryl methyl sites for hydroxylation is 1. The molecular weight excluding hydrogens is 310 g/mol. The lowest BCUT2D eigenvalue weighted by atomic mass is 10.2. The number of rotatable bonds is 3. The van der Waals surface area contributed by atoms with Crippen molar-refractivity contribution < 1.29 is 16.8 Å². The molecule has 2 rings (SSSR count). The van der Waals surface area contributed by atoms with Gasteiger partial charge in [0.05, 0.1) is 22.4 Å². The van der Waals surface area contributed by atoms with E-state index in [2.05, 4.69) is 4.72 Å². The average molecular weight is 324 g/mol. The predicted octanol–water partition coefficient (Wildman–Crippen LogP) is 1.58. The molecule has 106 valence electrons. The van der Waals surface area contributed by atoms with E-state index < -0.39 is 25.1 Å². The molecular formula is C11H14ClNO4S2. The average Bonchev–Trinajstić information content (AvgIpc) is 2.64. The fourth-order valence-electron chi connectivity index (χ4n) is 1.98. The summed E-state index contributed by atoms with van der Waals surface area (Å²) in [7, 11) is -6.92. The summed E-state index contributed by atoms with van der Waals surface area (Å²) in [5.41, 5.74) is 1.12. The van der Waals surface area contributed by atoms with Crippen LogP contribution in [0.1, 0.15) is 12.0 Å². The van der Waals surface area contributed by atoms with Crippen molar-refractivity contribution in [1.82, 2.24) is 0 Å². The maximum atomic E-state index is 12.1. The van der Waals surface area contributed by atoms with Gasteiger partial charge in [-0.25, -0.2) is 16.8 Å². The molecule has 19 heavy (non-hydrogen) atoms. The number of benzene rings is 1. The topological polar surface area (TPSA) is 80.3 Å². The first-order valence-electron chi connectivity index (χ1n) is 5.68. The Morgan fingerprint density at radius 3 is 2.58 bits per heavy atom. The standard InChI is InChI=1S/C11H14ClNO4S2/c1-8-6-9(12)2-3-11(8)13-19(16,17)10-4-5-18(14,15)7-10/h2-3,6,10,13H,4-5,7H2,1H3/t10-/m0/s1. The third-order valence-corrected chi connectivity index (χ3v) is 7.07. The summed E-state index contributed by atoms with van der Waals surface area (Å²) in [6.45, 7) is 1.73. The Hall–Kier alpha value is -0.790. The van der Waals surface area contributed by atoms with Crippen LogP contribution in [0, 0.1) is 6.92 Å². The second-order valence-corrected chi connectivity index (χ2v) is 9.26. The third-order valence-electron chi connectivity index (χ3n) is 3.07. The lowest BCUT2D eigenvalue weighted by molar-refractivity contribution is 0.587. The molecule has 8 heteroatoms. The van der Waals surface area contributed by atoms with E-state index in [0.29, 0.717) is 16.3 Å². The summed E-state index contributed by atoms with van der Waals surface area (Å²) in [5, 5.41) is -0.364. The summed E-state index contributed by atoms with van der Waals surface area (Å²) in [6.07, 6.45) is 0.143. The maximum Gasteiger partial charge on any atom is 0.236 e. The molecule has 0 amide bonds. The molecule has 1 aliphatic heterocycles. The van der Waals surface area contributed by atoms with Gasteiger partial charge in [-0.1, -0.05) is 11.6 Å². The molecule has 1 saturated heterocycles. The van der Waals surface area contributed by atoms with Gasteiger partial charge in [-0.05, 0) is 37.1 Å². The molecule has 0 aliphatic carbocycles. The van der Waals surface area contributed by atoms with Gasteiger partial charge in [-0.15, -0.1) is 0 Å². The van der Waals surface area contributed by atoms with Gasteiger partial charge in [-0.3, -0.25) is 4.72 Å². The van der Waals surface area contributed by atoms with Crippen LogP contribution in [-0.4, -0.2) is 33.6 Å². The molecule has 0 saturated carbocycles. The molecule has 1 aliphatic rings. The molecule has 0 aromatic heterocycles. The molecule has 1 heterocycles. The minimum absolute atomic E-state index is 0.0713. The summed E-state index contributed by atoms with van der Waals surface area (Å²) in [4.78, 5) is 0. The minimum Gasteiger partial charge on any atom is -0.283 e. The highest BCUT2D eigenvalue weighted by Crippen LogP contribution is 2.24. The number of sulfonamides is 1. The van der Waals surface area contributed by atoms with E-state index in [4.69, 9.17) is 11.6 Å². The van der Waals surface area contributed by atoms with Gasteiger partial charge in [0.2, 0.25) is 10.0 Å². The van der Waals surface area contributed by atoms with Crippen LogP contribution in [0.5, 0.6) is 0 Å². The van der Waals surface area contributed by atoms with Gasteiger partial charge in [0.25, 0.3) is 0 Å². The molecule has 1 aromatic rings. The smallest absolute Gasteiger partial charge is 0.236 e. The molecule has 1 aromatic carbocycles. The van der Waals surface area contributed by atoms with Crippen molar-refractivity contribution >= 4 is 37.1 Å². The number of sulfone groups is 1. The zero-order valence-electron chi connectivity index (χ0n) is 10.3. The largest absolute Gasteiger partial charge is 0.283 e. The summed E-state index contributed by atoms with van der Waals surface area (Å²) in [5.74, 6) is -0.382. The highest BCUT2D eigenvalue weighted by molar-refractivity contribution is 7.97. The fourth-order valence-corrected chi connectivity index (χ4v) is 6.37. The Balaban J connectivity index is 2.23. The zero-order valence-corrected chi connectivity index (χ0v) is 12.6. The Labute approximate surface area is 117 Å².